The van der Waals surface area contributed by atoms with E-state index in [0.29, 0.717) is 13.2 Å². The first-order chi connectivity index (χ1) is 9.24. The Bertz CT molecular complexity index is 352. The maximum absolute atomic E-state index is 12.3. The largest absolute Gasteiger partial charge is 0.377 e. The van der Waals surface area contributed by atoms with Gasteiger partial charge in [0.1, 0.15) is 6.04 Å². The van der Waals surface area contributed by atoms with Crippen LogP contribution in [0.4, 0.5) is 0 Å². The summed E-state index contributed by atoms with van der Waals surface area (Å²) in [5.41, 5.74) is 6.13. The standard InChI is InChI=1S/C14H27N3O3/c1-14(2,3)8-10(15)7-12(18)17-5-6-20-9-11(17)13(19)16-4/h10-11H,5-9,15H2,1-4H3,(H,16,19). The zero-order valence-corrected chi connectivity index (χ0v) is 12.9. The molecule has 1 aliphatic heterocycles. The van der Waals surface area contributed by atoms with Gasteiger partial charge in [-0.1, -0.05) is 20.8 Å². The molecule has 20 heavy (non-hydrogen) atoms. The lowest BCUT2D eigenvalue weighted by molar-refractivity contribution is -0.148. The topological polar surface area (TPSA) is 84.7 Å². The Morgan fingerprint density at radius 2 is 2.10 bits per heavy atom. The molecule has 3 N–H and O–H groups in total. The van der Waals surface area contributed by atoms with Crippen molar-refractivity contribution in [3.8, 4) is 0 Å². The van der Waals surface area contributed by atoms with E-state index in [0.717, 1.165) is 6.42 Å². The van der Waals surface area contributed by atoms with E-state index >= 15 is 0 Å². The van der Waals surface area contributed by atoms with Gasteiger partial charge in [-0.25, -0.2) is 0 Å². The van der Waals surface area contributed by atoms with Crippen LogP contribution in [0.3, 0.4) is 0 Å². The summed E-state index contributed by atoms with van der Waals surface area (Å²) in [6.07, 6.45) is 1.04. The van der Waals surface area contributed by atoms with Gasteiger partial charge >= 0.3 is 0 Å². The number of ether oxygens (including phenoxy) is 1. The molecule has 0 bridgehead atoms. The molecule has 0 aromatic rings. The van der Waals surface area contributed by atoms with Crippen LogP contribution in [0.25, 0.3) is 0 Å². The smallest absolute Gasteiger partial charge is 0.244 e. The van der Waals surface area contributed by atoms with Crippen LogP contribution >= 0.6 is 0 Å². The third-order valence-electron chi connectivity index (χ3n) is 3.31. The van der Waals surface area contributed by atoms with E-state index in [1.54, 1.807) is 11.9 Å². The minimum absolute atomic E-state index is 0.0707. The van der Waals surface area contributed by atoms with Crippen molar-refractivity contribution in [1.29, 1.82) is 0 Å². The van der Waals surface area contributed by atoms with Crippen LogP contribution in [0.5, 0.6) is 0 Å². The van der Waals surface area contributed by atoms with E-state index in [1.165, 1.54) is 0 Å². The van der Waals surface area contributed by atoms with Crippen LogP contribution in [0.2, 0.25) is 0 Å². The molecule has 0 aromatic heterocycles. The van der Waals surface area contributed by atoms with Crippen LogP contribution in [-0.2, 0) is 14.3 Å². The van der Waals surface area contributed by atoms with Crippen molar-refractivity contribution in [2.24, 2.45) is 11.1 Å². The first kappa shape index (κ1) is 16.9. The second-order valence-corrected chi connectivity index (χ2v) is 6.52. The molecule has 1 heterocycles. The Labute approximate surface area is 121 Å². The van der Waals surface area contributed by atoms with Gasteiger partial charge < -0.3 is 20.7 Å². The Balaban J connectivity index is 2.61. The molecule has 2 amide bonds. The average molecular weight is 285 g/mol. The summed E-state index contributed by atoms with van der Waals surface area (Å²) in [5.74, 6) is -0.263. The maximum atomic E-state index is 12.3. The molecule has 2 atom stereocenters. The minimum Gasteiger partial charge on any atom is -0.377 e. The highest BCUT2D eigenvalue weighted by atomic mass is 16.5. The van der Waals surface area contributed by atoms with Crippen molar-refractivity contribution in [3.63, 3.8) is 0 Å². The molecule has 0 radical (unpaired) electrons. The molecular weight excluding hydrogens is 258 g/mol. The zero-order valence-electron chi connectivity index (χ0n) is 12.9. The lowest BCUT2D eigenvalue weighted by Gasteiger charge is -2.35. The van der Waals surface area contributed by atoms with Gasteiger partial charge in [0.2, 0.25) is 11.8 Å². The summed E-state index contributed by atoms with van der Waals surface area (Å²) >= 11 is 0. The van der Waals surface area contributed by atoms with Crippen LogP contribution in [0, 0.1) is 5.41 Å². The van der Waals surface area contributed by atoms with Crippen molar-refractivity contribution in [3.05, 3.63) is 0 Å². The third kappa shape index (κ3) is 5.09. The van der Waals surface area contributed by atoms with Crippen LogP contribution in [-0.4, -0.2) is 55.6 Å². The number of morpholine rings is 1. The number of carbonyl (C=O) groups excluding carboxylic acids is 2. The summed E-state index contributed by atoms with van der Waals surface area (Å²) < 4.78 is 5.29. The summed E-state index contributed by atoms with van der Waals surface area (Å²) in [5, 5.41) is 2.57. The second kappa shape index (κ2) is 7.04. The molecule has 1 fully saturated rings. The third-order valence-corrected chi connectivity index (χ3v) is 3.31. The fourth-order valence-electron chi connectivity index (χ4n) is 2.49. The summed E-state index contributed by atoms with van der Waals surface area (Å²) in [4.78, 5) is 25.7. The van der Waals surface area contributed by atoms with Gasteiger partial charge in [0, 0.05) is 26.1 Å². The monoisotopic (exact) mass is 285 g/mol. The van der Waals surface area contributed by atoms with Gasteiger partial charge in [-0.05, 0) is 11.8 Å². The minimum atomic E-state index is -0.539. The Hall–Kier alpha value is -1.14. The van der Waals surface area contributed by atoms with E-state index in [1.807, 2.05) is 0 Å². The molecular formula is C14H27N3O3. The number of nitrogens with two attached hydrogens (primary N) is 1. The Morgan fingerprint density at radius 1 is 1.45 bits per heavy atom. The van der Waals surface area contributed by atoms with Crippen molar-refractivity contribution in [2.75, 3.05) is 26.8 Å². The number of hydrogen-bond donors (Lipinski definition) is 2. The summed E-state index contributed by atoms with van der Waals surface area (Å²) in [7, 11) is 1.56. The fraction of sp³-hybridized carbons (Fsp3) is 0.857. The average Bonchev–Trinajstić information content (AvgIpc) is 2.35. The zero-order chi connectivity index (χ0) is 15.3. The van der Waals surface area contributed by atoms with Gasteiger partial charge in [-0.15, -0.1) is 0 Å². The van der Waals surface area contributed by atoms with Crippen molar-refractivity contribution < 1.29 is 14.3 Å². The predicted octanol–water partition coefficient (Wildman–Crippen LogP) is 0.113. The highest BCUT2D eigenvalue weighted by Crippen LogP contribution is 2.22. The van der Waals surface area contributed by atoms with Gasteiger partial charge in [-0.2, -0.15) is 0 Å². The predicted molar refractivity (Wildman–Crippen MR) is 77.1 cm³/mol. The number of carbonyl (C=O) groups is 2. The van der Waals surface area contributed by atoms with Crippen molar-refractivity contribution >= 4 is 11.8 Å². The number of rotatable bonds is 4. The van der Waals surface area contributed by atoms with Gasteiger partial charge in [0.15, 0.2) is 0 Å². The van der Waals surface area contributed by atoms with E-state index in [9.17, 15) is 9.59 Å². The number of nitrogens with one attached hydrogen (secondary N) is 1. The SMILES string of the molecule is CNC(=O)C1COCCN1C(=O)CC(N)CC(C)(C)C. The molecule has 2 unspecified atom stereocenters. The molecule has 0 spiro atoms. The molecule has 1 saturated heterocycles. The van der Waals surface area contributed by atoms with E-state index < -0.39 is 6.04 Å². The first-order valence-corrected chi connectivity index (χ1v) is 7.09. The quantitative estimate of drug-likeness (QED) is 0.768. The van der Waals surface area contributed by atoms with Crippen LogP contribution < -0.4 is 11.1 Å². The van der Waals surface area contributed by atoms with Crippen molar-refractivity contribution in [2.45, 2.75) is 45.7 Å². The van der Waals surface area contributed by atoms with E-state index in [2.05, 4.69) is 26.1 Å². The second-order valence-electron chi connectivity index (χ2n) is 6.52. The van der Waals surface area contributed by atoms with Gasteiger partial charge in [-0.3, -0.25) is 9.59 Å². The number of hydrogen-bond acceptors (Lipinski definition) is 4. The number of likely N-dealkylation sites (N-methyl/N-ethyl adjacent to an activating group) is 1. The lowest BCUT2D eigenvalue weighted by atomic mass is 9.87. The molecule has 1 rings (SSSR count). The van der Waals surface area contributed by atoms with Crippen LogP contribution in [0.1, 0.15) is 33.6 Å². The Kier molecular flexibility index (Phi) is 5.95. The van der Waals surface area contributed by atoms with Crippen LogP contribution in [0.15, 0.2) is 0 Å². The normalized spacial score (nSPS) is 21.4. The molecule has 6 heteroatoms. The molecule has 1 aliphatic rings. The van der Waals surface area contributed by atoms with Crippen molar-refractivity contribution in [1.82, 2.24) is 10.2 Å². The summed E-state index contributed by atoms with van der Waals surface area (Å²) in [6.45, 7) is 7.45. The molecule has 6 nitrogen and oxygen atoms in total. The first-order valence-electron chi connectivity index (χ1n) is 7.09. The molecule has 0 saturated carbocycles. The van der Waals surface area contributed by atoms with E-state index in [4.69, 9.17) is 10.5 Å². The lowest BCUT2D eigenvalue weighted by Crippen LogP contribution is -2.56. The molecule has 116 valence electrons. The van der Waals surface area contributed by atoms with Gasteiger partial charge in [0.05, 0.1) is 13.2 Å². The Morgan fingerprint density at radius 3 is 2.65 bits per heavy atom. The fourth-order valence-corrected chi connectivity index (χ4v) is 2.49. The highest BCUT2D eigenvalue weighted by Gasteiger charge is 2.33. The van der Waals surface area contributed by atoms with Gasteiger partial charge in [0.25, 0.3) is 0 Å². The van der Waals surface area contributed by atoms with E-state index in [-0.39, 0.29) is 36.3 Å². The number of nitrogens with zero attached hydrogens (tertiary/aromatic N) is 1. The summed E-state index contributed by atoms with van der Waals surface area (Å²) in [6, 6.07) is -0.723. The molecule has 0 aliphatic carbocycles. The maximum Gasteiger partial charge on any atom is 0.244 e. The molecule has 0 aromatic carbocycles. The number of amides is 2. The highest BCUT2D eigenvalue weighted by molar-refractivity contribution is 5.88.